The summed E-state index contributed by atoms with van der Waals surface area (Å²) >= 11 is 0. The first-order valence-electron chi connectivity index (χ1n) is 7.69. The number of hydrogen-bond acceptors (Lipinski definition) is 3. The summed E-state index contributed by atoms with van der Waals surface area (Å²) < 4.78 is 24.0. The van der Waals surface area contributed by atoms with Crippen LogP contribution in [-0.4, -0.2) is 26.7 Å². The first-order valence-corrected chi connectivity index (χ1v) is 7.69. The first kappa shape index (κ1) is 21.0. The van der Waals surface area contributed by atoms with Gasteiger partial charge in [0, 0.05) is 25.3 Å². The molecule has 0 fully saturated rings. The Bertz CT molecular complexity index is 710. The van der Waals surface area contributed by atoms with E-state index in [4.69, 9.17) is 9.47 Å². The lowest BCUT2D eigenvalue weighted by Crippen LogP contribution is -2.30. The van der Waals surface area contributed by atoms with Gasteiger partial charge in [-0.05, 0) is 36.8 Å². The van der Waals surface area contributed by atoms with E-state index in [0.29, 0.717) is 30.6 Å². The Labute approximate surface area is 164 Å². The minimum Gasteiger partial charge on any atom is -0.493 e. The highest BCUT2D eigenvalue weighted by Crippen LogP contribution is 2.30. The largest absolute Gasteiger partial charge is 0.493 e. The van der Waals surface area contributed by atoms with Crippen molar-refractivity contribution < 1.29 is 13.9 Å². The first-order chi connectivity index (χ1) is 11.7. The van der Waals surface area contributed by atoms with Gasteiger partial charge >= 0.3 is 0 Å². The van der Waals surface area contributed by atoms with E-state index in [1.165, 1.54) is 12.1 Å². The second-order valence-corrected chi connectivity index (χ2v) is 4.98. The van der Waals surface area contributed by atoms with Gasteiger partial charge in [0.05, 0.1) is 13.7 Å². The zero-order chi connectivity index (χ0) is 17.4. The van der Waals surface area contributed by atoms with Crippen molar-refractivity contribution in [3.05, 3.63) is 53.8 Å². The molecule has 0 saturated carbocycles. The van der Waals surface area contributed by atoms with E-state index in [2.05, 4.69) is 15.6 Å². The maximum Gasteiger partial charge on any atom is 0.195 e. The van der Waals surface area contributed by atoms with E-state index in [1.54, 1.807) is 20.2 Å². The molecule has 0 amide bonds. The summed E-state index contributed by atoms with van der Waals surface area (Å²) in [7, 11) is 3.28. The van der Waals surface area contributed by atoms with Crippen LogP contribution in [0.5, 0.6) is 11.5 Å². The molecule has 2 aromatic rings. The summed E-state index contributed by atoms with van der Waals surface area (Å²) in [5.41, 5.74) is 1.65. The number of hydrogen-bond donors (Lipinski definition) is 2. The molecular weight excluding hydrogens is 436 g/mol. The summed E-state index contributed by atoms with van der Waals surface area (Å²) in [4.78, 5) is 4.17. The molecule has 5 nitrogen and oxygen atoms in total. The van der Waals surface area contributed by atoms with E-state index in [0.717, 1.165) is 11.3 Å². The summed E-state index contributed by atoms with van der Waals surface area (Å²) in [5.74, 6) is 1.65. The molecule has 136 valence electrons. The highest BCUT2D eigenvalue weighted by Gasteiger charge is 2.07. The van der Waals surface area contributed by atoms with Crippen LogP contribution in [-0.2, 0) is 6.54 Å². The third-order valence-electron chi connectivity index (χ3n) is 3.30. The molecule has 0 radical (unpaired) electrons. The molecule has 2 N–H and O–H groups in total. The molecule has 0 heterocycles. The van der Waals surface area contributed by atoms with Crippen molar-refractivity contribution in [1.82, 2.24) is 5.32 Å². The van der Waals surface area contributed by atoms with Crippen molar-refractivity contribution in [2.75, 3.05) is 26.1 Å². The van der Waals surface area contributed by atoms with Crippen LogP contribution in [0, 0.1) is 5.82 Å². The van der Waals surface area contributed by atoms with Crippen LogP contribution >= 0.6 is 24.0 Å². The highest BCUT2D eigenvalue weighted by molar-refractivity contribution is 14.0. The van der Waals surface area contributed by atoms with E-state index >= 15 is 0 Å². The van der Waals surface area contributed by atoms with Crippen molar-refractivity contribution in [2.24, 2.45) is 4.99 Å². The van der Waals surface area contributed by atoms with E-state index in [-0.39, 0.29) is 29.8 Å². The third-order valence-corrected chi connectivity index (χ3v) is 3.30. The Morgan fingerprint density at radius 2 is 1.96 bits per heavy atom. The summed E-state index contributed by atoms with van der Waals surface area (Å²) in [6, 6.07) is 12.0. The number of methoxy groups -OCH3 is 1. The molecule has 25 heavy (non-hydrogen) atoms. The number of rotatable bonds is 6. The fraction of sp³-hybridized carbons (Fsp3) is 0.278. The van der Waals surface area contributed by atoms with Crippen LogP contribution < -0.4 is 20.1 Å². The van der Waals surface area contributed by atoms with Crippen LogP contribution in [0.1, 0.15) is 12.5 Å². The SMILES string of the molecule is CCOc1cc(NC(=NC)NCc2cccc(F)c2)ccc1OC.I. The summed E-state index contributed by atoms with van der Waals surface area (Å²) in [6.07, 6.45) is 0. The van der Waals surface area contributed by atoms with Gasteiger partial charge in [-0.15, -0.1) is 24.0 Å². The standard InChI is InChI=1S/C18H22FN3O2.HI/c1-4-24-17-11-15(8-9-16(17)23-3)22-18(20-2)21-12-13-6-5-7-14(19)10-13;/h5-11H,4,12H2,1-3H3,(H2,20,21,22);1H. The average molecular weight is 459 g/mol. The van der Waals surface area contributed by atoms with Gasteiger partial charge in [0.15, 0.2) is 17.5 Å². The quantitative estimate of drug-likeness (QED) is 0.389. The van der Waals surface area contributed by atoms with Gasteiger partial charge in [-0.1, -0.05) is 12.1 Å². The lowest BCUT2D eigenvalue weighted by molar-refractivity contribution is 0.311. The minimum atomic E-state index is -0.256. The number of halogens is 2. The molecule has 0 aliphatic heterocycles. The number of guanidine groups is 1. The Morgan fingerprint density at radius 3 is 2.60 bits per heavy atom. The lowest BCUT2D eigenvalue weighted by Gasteiger charge is -2.14. The number of nitrogens with one attached hydrogen (secondary N) is 2. The maximum atomic E-state index is 13.2. The number of aliphatic imine (C=N–C) groups is 1. The zero-order valence-electron chi connectivity index (χ0n) is 14.5. The average Bonchev–Trinajstić information content (AvgIpc) is 2.59. The Morgan fingerprint density at radius 1 is 1.16 bits per heavy atom. The summed E-state index contributed by atoms with van der Waals surface area (Å²) in [6.45, 7) is 2.93. The van der Waals surface area contributed by atoms with Gasteiger partial charge in [-0.2, -0.15) is 0 Å². The van der Waals surface area contributed by atoms with Gasteiger partial charge in [-0.3, -0.25) is 4.99 Å². The minimum absolute atomic E-state index is 0. The van der Waals surface area contributed by atoms with Crippen LogP contribution in [0.2, 0.25) is 0 Å². The molecule has 0 aliphatic carbocycles. The topological polar surface area (TPSA) is 54.9 Å². The Balaban J connectivity index is 0.00000312. The van der Waals surface area contributed by atoms with Crippen LogP contribution in [0.25, 0.3) is 0 Å². The van der Waals surface area contributed by atoms with E-state index < -0.39 is 0 Å². The van der Waals surface area contributed by atoms with Crippen LogP contribution in [0.4, 0.5) is 10.1 Å². The molecule has 0 unspecified atom stereocenters. The molecule has 0 atom stereocenters. The van der Waals surface area contributed by atoms with Crippen molar-refractivity contribution in [2.45, 2.75) is 13.5 Å². The maximum absolute atomic E-state index is 13.2. The van der Waals surface area contributed by atoms with Crippen molar-refractivity contribution in [1.29, 1.82) is 0 Å². The van der Waals surface area contributed by atoms with Gasteiger partial charge in [0.2, 0.25) is 0 Å². The summed E-state index contributed by atoms with van der Waals surface area (Å²) in [5, 5.41) is 6.31. The Kier molecular flexibility index (Phi) is 9.04. The lowest BCUT2D eigenvalue weighted by atomic mass is 10.2. The Hall–Kier alpha value is -2.03. The van der Waals surface area contributed by atoms with Crippen LogP contribution in [0.3, 0.4) is 0 Å². The molecule has 7 heteroatoms. The fourth-order valence-electron chi connectivity index (χ4n) is 2.17. The van der Waals surface area contributed by atoms with E-state index in [1.807, 2.05) is 31.2 Å². The zero-order valence-corrected chi connectivity index (χ0v) is 16.8. The molecule has 2 rings (SSSR count). The van der Waals surface area contributed by atoms with Gasteiger partial charge in [0.1, 0.15) is 5.82 Å². The molecular formula is C18H23FIN3O2. The number of ether oxygens (including phenoxy) is 2. The van der Waals surface area contributed by atoms with Crippen LogP contribution in [0.15, 0.2) is 47.5 Å². The molecule has 0 aromatic heterocycles. The monoisotopic (exact) mass is 459 g/mol. The molecule has 0 spiro atoms. The predicted octanol–water partition coefficient (Wildman–Crippen LogP) is 4.04. The second kappa shape index (κ2) is 10.8. The third kappa shape index (κ3) is 6.41. The normalized spacial score (nSPS) is 10.6. The van der Waals surface area contributed by atoms with Gasteiger partial charge < -0.3 is 20.1 Å². The molecule has 0 aliphatic rings. The molecule has 0 saturated heterocycles. The van der Waals surface area contributed by atoms with Crippen molar-refractivity contribution in [3.8, 4) is 11.5 Å². The predicted molar refractivity (Wildman–Crippen MR) is 110 cm³/mol. The second-order valence-electron chi connectivity index (χ2n) is 4.98. The van der Waals surface area contributed by atoms with Crippen molar-refractivity contribution in [3.63, 3.8) is 0 Å². The highest BCUT2D eigenvalue weighted by atomic mass is 127. The number of anilines is 1. The van der Waals surface area contributed by atoms with Gasteiger partial charge in [0.25, 0.3) is 0 Å². The van der Waals surface area contributed by atoms with Gasteiger partial charge in [-0.25, -0.2) is 4.39 Å². The number of nitrogens with zero attached hydrogens (tertiary/aromatic N) is 1. The van der Waals surface area contributed by atoms with Crippen molar-refractivity contribution >= 4 is 35.6 Å². The number of benzene rings is 2. The molecule has 0 bridgehead atoms. The smallest absolute Gasteiger partial charge is 0.195 e. The molecule has 2 aromatic carbocycles. The van der Waals surface area contributed by atoms with E-state index in [9.17, 15) is 4.39 Å². The fourth-order valence-corrected chi connectivity index (χ4v) is 2.17.